The van der Waals surface area contributed by atoms with Gasteiger partial charge < -0.3 is 0 Å². The van der Waals surface area contributed by atoms with E-state index in [-0.39, 0.29) is 0 Å². The van der Waals surface area contributed by atoms with Crippen LogP contribution in [0.4, 0.5) is 0 Å². The fourth-order valence-electron chi connectivity index (χ4n) is 2.27. The Morgan fingerprint density at radius 3 is 2.42 bits per heavy atom. The van der Waals surface area contributed by atoms with Crippen LogP contribution < -0.4 is 4.57 Å². The summed E-state index contributed by atoms with van der Waals surface area (Å²) in [6.07, 6.45) is 14.8. The molecule has 0 N–H and O–H groups in total. The van der Waals surface area contributed by atoms with E-state index in [1.165, 1.54) is 63.1 Å². The fraction of sp³-hybridized carbons (Fsp3) is 0.733. The third kappa shape index (κ3) is 6.15. The predicted molar refractivity (Wildman–Crippen MR) is 79.7 cm³/mol. The Kier molecular flexibility index (Phi) is 8.40. The molecule has 1 heterocycles. The molecule has 19 heavy (non-hydrogen) atoms. The lowest BCUT2D eigenvalue weighted by Crippen LogP contribution is -2.28. The van der Waals surface area contributed by atoms with Crippen LogP contribution in [0.5, 0.6) is 0 Å². The van der Waals surface area contributed by atoms with E-state index in [0.717, 1.165) is 11.7 Å². The number of hydrogen-bond donors (Lipinski definition) is 0. The van der Waals surface area contributed by atoms with Gasteiger partial charge in [-0.3, -0.25) is 0 Å². The minimum Gasteiger partial charge on any atom is -0.226 e. The molecule has 0 saturated heterocycles. The minimum atomic E-state index is 1.03. The van der Waals surface area contributed by atoms with Crippen molar-refractivity contribution < 1.29 is 4.57 Å². The first-order valence-corrected chi connectivity index (χ1v) is 8.22. The van der Waals surface area contributed by atoms with E-state index in [2.05, 4.69) is 23.1 Å². The second-order valence-electron chi connectivity index (χ2n) is 5.05. The Labute approximate surface area is 121 Å². The van der Waals surface area contributed by atoms with Crippen molar-refractivity contribution in [3.8, 4) is 5.40 Å². The Morgan fingerprint density at radius 1 is 1.16 bits per heavy atom. The first-order valence-electron chi connectivity index (χ1n) is 7.40. The summed E-state index contributed by atoms with van der Waals surface area (Å²) in [5, 5.41) is 12.0. The first kappa shape index (κ1) is 16.1. The highest BCUT2D eigenvalue weighted by Crippen LogP contribution is 2.14. The summed E-state index contributed by atoms with van der Waals surface area (Å²) < 4.78 is 4.20. The topological polar surface area (TPSA) is 32.6 Å². The average molecular weight is 280 g/mol. The summed E-state index contributed by atoms with van der Waals surface area (Å²) in [6, 6.07) is 0. The summed E-state index contributed by atoms with van der Waals surface area (Å²) in [5.41, 5.74) is 0. The molecule has 0 saturated carbocycles. The monoisotopic (exact) mass is 280 g/mol. The lowest BCUT2D eigenvalue weighted by molar-refractivity contribution is -0.709. The number of unbranched alkanes of at least 4 members (excludes halogenated alkanes) is 7. The van der Waals surface area contributed by atoms with Crippen molar-refractivity contribution in [1.82, 2.24) is 4.57 Å². The van der Waals surface area contributed by atoms with E-state index in [1.54, 1.807) is 0 Å². The summed E-state index contributed by atoms with van der Waals surface area (Å²) in [4.78, 5) is 0. The molecular weight excluding hydrogens is 254 g/mol. The molecule has 0 fully saturated rings. The van der Waals surface area contributed by atoms with Gasteiger partial charge in [-0.1, -0.05) is 45.4 Å². The molecular formula is C15H26N3S+. The van der Waals surface area contributed by atoms with Gasteiger partial charge in [-0.25, -0.2) is 9.13 Å². The SMILES string of the molecule is CCCCCCCCCCn1cc[n+](C)c1SC#N. The Balaban J connectivity index is 2.14. The number of nitrogens with zero attached hydrogens (tertiary/aromatic N) is 3. The van der Waals surface area contributed by atoms with Crippen molar-refractivity contribution in [2.24, 2.45) is 7.05 Å². The fourth-order valence-corrected chi connectivity index (χ4v) is 2.82. The van der Waals surface area contributed by atoms with E-state index in [4.69, 9.17) is 5.26 Å². The molecule has 0 aliphatic rings. The molecule has 0 spiro atoms. The number of thiocyanates is 1. The van der Waals surface area contributed by atoms with E-state index in [1.807, 2.05) is 17.8 Å². The van der Waals surface area contributed by atoms with Crippen LogP contribution in [0.2, 0.25) is 0 Å². The molecule has 4 heteroatoms. The van der Waals surface area contributed by atoms with Gasteiger partial charge in [0.15, 0.2) is 0 Å². The molecule has 1 aromatic heterocycles. The van der Waals surface area contributed by atoms with Crippen molar-refractivity contribution in [3.63, 3.8) is 0 Å². The number of nitriles is 1. The van der Waals surface area contributed by atoms with Gasteiger partial charge >= 0.3 is 5.16 Å². The van der Waals surface area contributed by atoms with Gasteiger partial charge in [0, 0.05) is 0 Å². The molecule has 0 unspecified atom stereocenters. The minimum absolute atomic E-state index is 1.03. The lowest BCUT2D eigenvalue weighted by atomic mass is 10.1. The van der Waals surface area contributed by atoms with Crippen LogP contribution in [0, 0.1) is 10.7 Å². The van der Waals surface area contributed by atoms with Crippen LogP contribution in [0.25, 0.3) is 0 Å². The quantitative estimate of drug-likeness (QED) is 0.280. The van der Waals surface area contributed by atoms with Crippen LogP contribution in [0.15, 0.2) is 17.6 Å². The van der Waals surface area contributed by atoms with Gasteiger partial charge in [0.2, 0.25) is 0 Å². The third-order valence-corrected chi connectivity index (χ3v) is 4.20. The Bertz CT molecular complexity index is 393. The molecule has 0 radical (unpaired) electrons. The van der Waals surface area contributed by atoms with Crippen LogP contribution in [-0.4, -0.2) is 4.57 Å². The number of imidazole rings is 1. The molecule has 106 valence electrons. The average Bonchev–Trinajstić information content (AvgIpc) is 2.75. The summed E-state index contributed by atoms with van der Waals surface area (Å²) in [7, 11) is 1.99. The summed E-state index contributed by atoms with van der Waals surface area (Å²) >= 11 is 1.24. The van der Waals surface area contributed by atoms with Gasteiger partial charge in [0.05, 0.1) is 25.4 Å². The number of hydrogen-bond acceptors (Lipinski definition) is 2. The van der Waals surface area contributed by atoms with Crippen LogP contribution >= 0.6 is 11.8 Å². The molecule has 3 nitrogen and oxygen atoms in total. The Hall–Kier alpha value is -0.950. The molecule has 0 aliphatic carbocycles. The van der Waals surface area contributed by atoms with Crippen molar-refractivity contribution in [1.29, 1.82) is 5.26 Å². The zero-order chi connectivity index (χ0) is 13.9. The van der Waals surface area contributed by atoms with Gasteiger partial charge in [-0.15, -0.1) is 0 Å². The summed E-state index contributed by atoms with van der Waals surface area (Å²) in [6.45, 7) is 3.29. The van der Waals surface area contributed by atoms with Crippen molar-refractivity contribution in [2.45, 2.75) is 70.0 Å². The zero-order valence-electron chi connectivity index (χ0n) is 12.3. The number of thioether (sulfide) groups is 1. The van der Waals surface area contributed by atoms with Gasteiger partial charge in [0.25, 0.3) is 0 Å². The van der Waals surface area contributed by atoms with Gasteiger partial charge in [-0.05, 0) is 12.8 Å². The normalized spacial score (nSPS) is 10.6. The molecule has 1 rings (SSSR count). The van der Waals surface area contributed by atoms with E-state index in [9.17, 15) is 0 Å². The third-order valence-electron chi connectivity index (χ3n) is 3.41. The van der Waals surface area contributed by atoms with E-state index in [0.29, 0.717) is 0 Å². The van der Waals surface area contributed by atoms with Crippen LogP contribution in [-0.2, 0) is 13.6 Å². The van der Waals surface area contributed by atoms with E-state index >= 15 is 0 Å². The standard InChI is InChI=1S/C15H26N3S/c1-3-4-5-6-7-8-9-10-11-18-13-12-17(2)15(18)19-14-16/h12-13H,3-11H2,1-2H3/q+1. The van der Waals surface area contributed by atoms with Gasteiger partial charge in [0.1, 0.15) is 17.8 Å². The molecule has 0 atom stereocenters. The van der Waals surface area contributed by atoms with Crippen molar-refractivity contribution in [3.05, 3.63) is 12.4 Å². The smallest absolute Gasteiger partial charge is 0.226 e. The summed E-state index contributed by atoms with van der Waals surface area (Å²) in [5.74, 6) is 0. The molecule has 0 aromatic carbocycles. The highest BCUT2D eigenvalue weighted by atomic mass is 32.2. The second kappa shape index (κ2) is 9.91. The van der Waals surface area contributed by atoms with Crippen molar-refractivity contribution >= 4 is 11.8 Å². The molecule has 1 aromatic rings. The molecule has 0 bridgehead atoms. The Morgan fingerprint density at radius 2 is 1.79 bits per heavy atom. The van der Waals surface area contributed by atoms with Crippen LogP contribution in [0.3, 0.4) is 0 Å². The number of rotatable bonds is 10. The zero-order valence-corrected chi connectivity index (χ0v) is 13.1. The first-order chi connectivity index (χ1) is 9.29. The molecule has 0 amide bonds. The maximum atomic E-state index is 8.79. The highest BCUT2D eigenvalue weighted by molar-refractivity contribution is 8.03. The maximum absolute atomic E-state index is 8.79. The van der Waals surface area contributed by atoms with E-state index < -0.39 is 0 Å². The highest BCUT2D eigenvalue weighted by Gasteiger charge is 2.14. The lowest BCUT2D eigenvalue weighted by Gasteiger charge is -2.01. The number of aryl methyl sites for hydroxylation is 2. The second-order valence-corrected chi connectivity index (χ2v) is 5.81. The molecule has 0 aliphatic heterocycles. The predicted octanol–water partition coefficient (Wildman–Crippen LogP) is 4.03. The van der Waals surface area contributed by atoms with Crippen LogP contribution in [0.1, 0.15) is 58.3 Å². The largest absolute Gasteiger partial charge is 0.332 e. The van der Waals surface area contributed by atoms with Gasteiger partial charge in [-0.2, -0.15) is 5.26 Å². The number of aromatic nitrogens is 2. The van der Waals surface area contributed by atoms with Crippen molar-refractivity contribution in [2.75, 3.05) is 0 Å². The maximum Gasteiger partial charge on any atom is 0.332 e.